The molecule has 103 heavy (non-hydrogen) atoms. The Morgan fingerprint density at radius 2 is 1.04 bits per heavy atom. The number of halogens is 4. The molecule has 5 aliphatic rings. The van der Waals surface area contributed by atoms with Crippen molar-refractivity contribution in [1.82, 2.24) is 14.7 Å². The molecule has 0 aromatic heterocycles. The number of methoxy groups -OCH3 is 1. The van der Waals surface area contributed by atoms with E-state index in [1.807, 2.05) is 121 Å². The van der Waals surface area contributed by atoms with E-state index in [9.17, 15) is 31.9 Å². The number of nitrogens with zero attached hydrogens (tertiary/aromatic N) is 3. The molecule has 5 N–H and O–H groups in total. The third-order valence-electron chi connectivity index (χ3n) is 15.6. The Hall–Kier alpha value is -2.19. The van der Waals surface area contributed by atoms with E-state index in [0.29, 0.717) is 80.5 Å². The number of carbonyl (C=O) groups excluding carboxylic acids is 3. The van der Waals surface area contributed by atoms with Gasteiger partial charge >= 0.3 is 0 Å². The van der Waals surface area contributed by atoms with E-state index in [2.05, 4.69) is 88.0 Å². The lowest BCUT2D eigenvalue weighted by molar-refractivity contribution is -0.176. The van der Waals surface area contributed by atoms with Gasteiger partial charge in [-0.05, 0) is 169 Å². The number of carbonyl (C=O) groups is 3. The zero-order valence-corrected chi connectivity index (χ0v) is 72.9. The predicted octanol–water partition coefficient (Wildman–Crippen LogP) is 16.2. The number of hydrogen-bond donors (Lipinski definition) is 5. The molecular formula is C81H169F4N3O15. The Morgan fingerprint density at radius 1 is 0.621 bits per heavy atom. The molecular weight excluding hydrogens is 1330 g/mol. The Bertz CT molecular complexity index is 1930. The van der Waals surface area contributed by atoms with Crippen molar-refractivity contribution in [3.63, 3.8) is 0 Å². The van der Waals surface area contributed by atoms with Crippen LogP contribution in [-0.4, -0.2) is 242 Å². The van der Waals surface area contributed by atoms with E-state index in [0.717, 1.165) is 97.2 Å². The largest absolute Gasteiger partial charge is 0.396 e. The monoisotopic (exact) mass is 1500 g/mol. The summed E-state index contributed by atoms with van der Waals surface area (Å²) in [5.41, 5.74) is -3.59. The molecule has 5 rings (SSSR count). The fourth-order valence-corrected chi connectivity index (χ4v) is 7.56. The highest BCUT2D eigenvalue weighted by Gasteiger charge is 2.38. The van der Waals surface area contributed by atoms with Crippen molar-refractivity contribution in [3.8, 4) is 0 Å². The van der Waals surface area contributed by atoms with Gasteiger partial charge in [0.15, 0.2) is 0 Å². The SMILES string of the molecule is CC(=O)C(C)C.CC(C)(C)C(C)(C)F.CC(C)(C)CCO.CC(C)(C)CO.CC(C)(C)OC1COC1.CC(C)CN1CC(C)(F)C1.CC(C)OC1CCOCC1.CC(C)OCC(O)CO.CC1CCN(C(=O)C(C)C)CC1.CC1CN(C(=O)C(C)C)C1.CCC(C)(O)C(F)F.COCCOC(C)C. The Labute approximate surface area is 630 Å². The van der Waals surface area contributed by atoms with Crippen LogP contribution in [0.15, 0.2) is 0 Å². The summed E-state index contributed by atoms with van der Waals surface area (Å²) in [5, 5.41) is 42.5. The predicted molar refractivity (Wildman–Crippen MR) is 419 cm³/mol. The molecule has 5 aliphatic heterocycles. The van der Waals surface area contributed by atoms with Crippen LogP contribution in [0.2, 0.25) is 0 Å². The number of ether oxygens (including phenoxy) is 7. The minimum atomic E-state index is -2.63. The zero-order valence-electron chi connectivity index (χ0n) is 72.9. The fraction of sp³-hybridized carbons (Fsp3) is 0.963. The van der Waals surface area contributed by atoms with Crippen LogP contribution in [0.5, 0.6) is 0 Å². The molecule has 626 valence electrons. The molecule has 2 amide bonds. The molecule has 0 spiro atoms. The number of aliphatic hydroxyl groups excluding tert-OH is 4. The van der Waals surface area contributed by atoms with Gasteiger partial charge in [0.25, 0.3) is 6.43 Å². The topological polar surface area (TPSA) is 227 Å². The van der Waals surface area contributed by atoms with Gasteiger partial charge in [-0.25, -0.2) is 17.6 Å². The van der Waals surface area contributed by atoms with Gasteiger partial charge in [0.05, 0.1) is 69.7 Å². The zero-order chi connectivity index (χ0) is 82.7. The van der Waals surface area contributed by atoms with Crippen LogP contribution in [0, 0.1) is 51.8 Å². The summed E-state index contributed by atoms with van der Waals surface area (Å²) in [4.78, 5) is 39.0. The summed E-state index contributed by atoms with van der Waals surface area (Å²) in [6.07, 6.45) is 3.73. The summed E-state index contributed by atoms with van der Waals surface area (Å²) >= 11 is 0. The molecule has 18 nitrogen and oxygen atoms in total. The maximum atomic E-state index is 12.9. The highest BCUT2D eigenvalue weighted by atomic mass is 19.3. The van der Waals surface area contributed by atoms with Gasteiger partial charge in [-0.3, -0.25) is 19.3 Å². The number of rotatable bonds is 19. The van der Waals surface area contributed by atoms with Gasteiger partial charge in [0, 0.05) is 97.1 Å². The van der Waals surface area contributed by atoms with Crippen molar-refractivity contribution in [2.24, 2.45) is 51.8 Å². The summed E-state index contributed by atoms with van der Waals surface area (Å²) < 4.78 is 85.1. The van der Waals surface area contributed by atoms with Crippen LogP contribution in [0.4, 0.5) is 17.6 Å². The number of amides is 2. The smallest absolute Gasteiger partial charge is 0.266 e. The lowest BCUT2D eigenvalue weighted by atomic mass is 9.81. The molecule has 5 heterocycles. The molecule has 0 saturated carbocycles. The van der Waals surface area contributed by atoms with Crippen LogP contribution >= 0.6 is 0 Å². The van der Waals surface area contributed by atoms with E-state index in [4.69, 9.17) is 58.7 Å². The van der Waals surface area contributed by atoms with Crippen molar-refractivity contribution in [3.05, 3.63) is 0 Å². The van der Waals surface area contributed by atoms with Crippen molar-refractivity contribution < 1.29 is 90.6 Å². The first-order valence-electron chi connectivity index (χ1n) is 38.4. The van der Waals surface area contributed by atoms with Crippen LogP contribution in [0.1, 0.15) is 274 Å². The lowest BCUT2D eigenvalue weighted by Crippen LogP contribution is -2.57. The number of aliphatic hydroxyl groups is 5. The number of ketones is 1. The summed E-state index contributed by atoms with van der Waals surface area (Å²) in [7, 11) is 1.67. The average Bonchev–Trinajstić information content (AvgIpc) is 0.830. The van der Waals surface area contributed by atoms with Crippen LogP contribution in [0.3, 0.4) is 0 Å². The quantitative estimate of drug-likeness (QED) is 0.0598. The maximum Gasteiger partial charge on any atom is 0.266 e. The summed E-state index contributed by atoms with van der Waals surface area (Å²) in [6.45, 7) is 77.1. The third kappa shape index (κ3) is 79.2. The van der Waals surface area contributed by atoms with Gasteiger partial charge in [-0.1, -0.05) is 138 Å². The normalized spacial score (nSPS) is 17.4. The van der Waals surface area contributed by atoms with Gasteiger partial charge in [-0.2, -0.15) is 0 Å². The maximum absolute atomic E-state index is 12.9. The van der Waals surface area contributed by atoms with Gasteiger partial charge in [-0.15, -0.1) is 0 Å². The Kier molecular flexibility index (Phi) is 67.1. The molecule has 0 aromatic carbocycles. The number of alkyl halides is 4. The number of Topliss-reactive ketones (excluding diaryl/α,β-unsaturated/α-hetero) is 1. The van der Waals surface area contributed by atoms with Crippen LogP contribution in [-0.2, 0) is 47.5 Å². The molecule has 5 saturated heterocycles. The molecule has 5 fully saturated rings. The van der Waals surface area contributed by atoms with Crippen molar-refractivity contribution in [1.29, 1.82) is 0 Å². The summed E-state index contributed by atoms with van der Waals surface area (Å²) in [6, 6.07) is 0. The second-order valence-electron chi connectivity index (χ2n) is 35.4. The summed E-state index contributed by atoms with van der Waals surface area (Å²) in [5.74, 6) is 3.63. The second kappa shape index (κ2) is 60.6. The first kappa shape index (κ1) is 114. The van der Waals surface area contributed by atoms with Gasteiger partial charge < -0.3 is 68.5 Å². The third-order valence-corrected chi connectivity index (χ3v) is 15.6. The first-order chi connectivity index (χ1) is 46.5. The highest BCUT2D eigenvalue weighted by Crippen LogP contribution is 2.32. The van der Waals surface area contributed by atoms with Crippen molar-refractivity contribution >= 4 is 17.6 Å². The molecule has 0 radical (unpaired) electrons. The molecule has 2 unspecified atom stereocenters. The van der Waals surface area contributed by atoms with Crippen LogP contribution in [0.25, 0.3) is 0 Å². The average molecular weight is 1500 g/mol. The molecule has 0 bridgehead atoms. The fourth-order valence-electron chi connectivity index (χ4n) is 7.56. The highest BCUT2D eigenvalue weighted by molar-refractivity contribution is 5.79. The van der Waals surface area contributed by atoms with E-state index < -0.39 is 29.5 Å². The number of likely N-dealkylation sites (tertiary alicyclic amines) is 3. The van der Waals surface area contributed by atoms with Crippen molar-refractivity contribution in [2.45, 2.75) is 340 Å². The standard InChI is InChI=1S/C10H19NO.C8H16FN.C8H15NO.C8H16O2.C7H15F.C7H14O2.C6H14O3.C6H14O2.C6H14O.C5H10F2O.C5H12O.C5H10O/c1-8(2)10(12)11-6-4-9(3)5-7-11;1-7(2)4-10-5-8(3,9)6-10;1-6(2)8(10)9-4-7(3)5-9;1-7(2)10-8-3-5-9-6-4-8;1-6(2,3)7(4,5)8;1-7(2,3)9-6-4-8-5-6;1-5(2)9-4-6(8)3-7;1-6(2)8-5-4-7-3;1-6(2,3)4-5-7;1-3-5(2,8)4(6)7;1-5(2,3)4-6;1-4(2)5(3)6/h8-9H,4-7H2,1-3H3;7H,4-6H2,1-3H3;6-7H,4-5H2,1-3H3;7-8H,3-6H2,1-2H3;1-5H3;6H,4-5H2,1-3H3;5-8H,3-4H2,1-2H3;6H,4-5H2,1-3H3;7H,4-5H2,1-3H3;4,8H,3H2,1-2H3;6H,4H2,1-3H3;4H,1-3H3. The van der Waals surface area contributed by atoms with E-state index >= 15 is 0 Å². The Morgan fingerprint density at radius 3 is 1.26 bits per heavy atom. The minimum Gasteiger partial charge on any atom is -0.396 e. The second-order valence-corrected chi connectivity index (χ2v) is 35.4. The van der Waals surface area contributed by atoms with E-state index in [1.165, 1.54) is 19.8 Å². The van der Waals surface area contributed by atoms with E-state index in [1.54, 1.807) is 34.8 Å². The number of hydrogen-bond acceptors (Lipinski definition) is 16. The van der Waals surface area contributed by atoms with Crippen LogP contribution < -0.4 is 0 Å². The van der Waals surface area contributed by atoms with E-state index in [-0.39, 0.29) is 72.3 Å². The Balaban J connectivity index is -0.000000196. The van der Waals surface area contributed by atoms with Gasteiger partial charge in [0.2, 0.25) is 11.8 Å². The molecule has 2 atom stereocenters. The van der Waals surface area contributed by atoms with Gasteiger partial charge in [0.1, 0.15) is 34.9 Å². The first-order valence-corrected chi connectivity index (χ1v) is 38.4. The molecule has 0 aliphatic carbocycles. The number of piperidine rings is 1. The van der Waals surface area contributed by atoms with Crippen molar-refractivity contribution in [2.75, 3.05) is 119 Å². The lowest BCUT2D eigenvalue weighted by Gasteiger charge is -2.43. The minimum absolute atomic E-state index is 0.00551. The molecule has 0 aromatic rings. The molecule has 22 heteroatoms.